The van der Waals surface area contributed by atoms with Gasteiger partial charge < -0.3 is 15.2 Å². The van der Waals surface area contributed by atoms with Gasteiger partial charge in [0.05, 0.1) is 6.42 Å². The van der Waals surface area contributed by atoms with Gasteiger partial charge in [0.25, 0.3) is 5.91 Å². The summed E-state index contributed by atoms with van der Waals surface area (Å²) in [6.45, 7) is 6.50. The van der Waals surface area contributed by atoms with Gasteiger partial charge in [-0.2, -0.15) is 0 Å². The molecule has 0 atom stereocenters. The zero-order valence-corrected chi connectivity index (χ0v) is 12.8. The van der Waals surface area contributed by atoms with Crippen molar-refractivity contribution in [2.24, 2.45) is 0 Å². The lowest BCUT2D eigenvalue weighted by atomic mass is 9.82. The third-order valence-electron chi connectivity index (χ3n) is 3.55. The summed E-state index contributed by atoms with van der Waals surface area (Å²) in [5, 5.41) is 10.9. The summed E-state index contributed by atoms with van der Waals surface area (Å²) in [7, 11) is 0. The standard InChI is InChI=1S/C16H23NO4/c1-4-16(2,3)12-5-7-13(8-6-12)21-11-14(18)17-10-9-15(19)20/h5-8H,4,9-11H2,1-3H3,(H,17,18)(H,19,20). The van der Waals surface area contributed by atoms with Gasteiger partial charge in [0, 0.05) is 6.54 Å². The Morgan fingerprint density at radius 2 is 1.86 bits per heavy atom. The van der Waals surface area contributed by atoms with Crippen LogP contribution in [0.2, 0.25) is 0 Å². The van der Waals surface area contributed by atoms with Crippen LogP contribution in [0.4, 0.5) is 0 Å². The lowest BCUT2D eigenvalue weighted by molar-refractivity contribution is -0.137. The number of rotatable bonds is 8. The summed E-state index contributed by atoms with van der Waals surface area (Å²) in [5.74, 6) is -0.640. The van der Waals surface area contributed by atoms with E-state index in [1.807, 2.05) is 24.3 Å². The number of ether oxygens (including phenoxy) is 1. The normalized spacial score (nSPS) is 11.0. The van der Waals surface area contributed by atoms with Crippen molar-refractivity contribution < 1.29 is 19.4 Å². The molecule has 0 saturated carbocycles. The number of carboxylic acids is 1. The highest BCUT2D eigenvalue weighted by molar-refractivity contribution is 5.78. The van der Waals surface area contributed by atoms with E-state index in [1.54, 1.807) is 0 Å². The van der Waals surface area contributed by atoms with Crippen LogP contribution in [-0.2, 0) is 15.0 Å². The second-order valence-corrected chi connectivity index (χ2v) is 5.54. The molecule has 0 aromatic heterocycles. The first-order chi connectivity index (χ1) is 9.85. The Hall–Kier alpha value is -2.04. The number of aliphatic carboxylic acids is 1. The predicted molar refractivity (Wildman–Crippen MR) is 80.5 cm³/mol. The summed E-state index contributed by atoms with van der Waals surface area (Å²) in [5.41, 5.74) is 1.34. The van der Waals surface area contributed by atoms with E-state index in [0.717, 1.165) is 6.42 Å². The lowest BCUT2D eigenvalue weighted by Gasteiger charge is -2.23. The topological polar surface area (TPSA) is 75.6 Å². The van der Waals surface area contributed by atoms with Gasteiger partial charge in [-0.05, 0) is 29.5 Å². The molecule has 0 spiro atoms. The van der Waals surface area contributed by atoms with Gasteiger partial charge in [0.2, 0.25) is 0 Å². The van der Waals surface area contributed by atoms with Crippen molar-refractivity contribution in [3.8, 4) is 5.75 Å². The van der Waals surface area contributed by atoms with E-state index in [4.69, 9.17) is 9.84 Å². The van der Waals surface area contributed by atoms with Gasteiger partial charge in [-0.1, -0.05) is 32.9 Å². The first-order valence-corrected chi connectivity index (χ1v) is 7.07. The first kappa shape index (κ1) is 17.0. The molecule has 0 aliphatic heterocycles. The molecule has 0 aliphatic carbocycles. The lowest BCUT2D eigenvalue weighted by Crippen LogP contribution is -2.30. The molecular formula is C16H23NO4. The van der Waals surface area contributed by atoms with Crippen molar-refractivity contribution in [1.82, 2.24) is 5.32 Å². The van der Waals surface area contributed by atoms with Crippen molar-refractivity contribution in [2.45, 2.75) is 39.0 Å². The SMILES string of the molecule is CCC(C)(C)c1ccc(OCC(=O)NCCC(=O)O)cc1. The van der Waals surface area contributed by atoms with Crippen molar-refractivity contribution in [3.05, 3.63) is 29.8 Å². The average Bonchev–Trinajstić information content (AvgIpc) is 2.45. The highest BCUT2D eigenvalue weighted by Gasteiger charge is 2.17. The fourth-order valence-corrected chi connectivity index (χ4v) is 1.72. The molecule has 0 aliphatic rings. The number of hydrogen-bond acceptors (Lipinski definition) is 3. The molecule has 5 heteroatoms. The van der Waals surface area contributed by atoms with Crippen LogP contribution in [0, 0.1) is 0 Å². The van der Waals surface area contributed by atoms with Crippen molar-refractivity contribution in [2.75, 3.05) is 13.2 Å². The second kappa shape index (κ2) is 7.67. The number of amides is 1. The molecule has 116 valence electrons. The van der Waals surface area contributed by atoms with Gasteiger partial charge in [-0.25, -0.2) is 0 Å². The van der Waals surface area contributed by atoms with Gasteiger partial charge in [-0.15, -0.1) is 0 Å². The number of nitrogens with one attached hydrogen (secondary N) is 1. The van der Waals surface area contributed by atoms with Crippen LogP contribution in [0.15, 0.2) is 24.3 Å². The quantitative estimate of drug-likeness (QED) is 0.771. The van der Waals surface area contributed by atoms with Crippen molar-refractivity contribution in [1.29, 1.82) is 0 Å². The highest BCUT2D eigenvalue weighted by Crippen LogP contribution is 2.27. The molecular weight excluding hydrogens is 270 g/mol. The van der Waals surface area contributed by atoms with Gasteiger partial charge in [0.1, 0.15) is 5.75 Å². The number of carbonyl (C=O) groups is 2. The third-order valence-corrected chi connectivity index (χ3v) is 3.55. The molecule has 5 nitrogen and oxygen atoms in total. The van der Waals surface area contributed by atoms with Crippen LogP contribution in [0.3, 0.4) is 0 Å². The number of hydrogen-bond donors (Lipinski definition) is 2. The average molecular weight is 293 g/mol. The number of benzene rings is 1. The maximum atomic E-state index is 11.4. The Kier molecular flexibility index (Phi) is 6.21. The van der Waals surface area contributed by atoms with Crippen molar-refractivity contribution >= 4 is 11.9 Å². The summed E-state index contributed by atoms with van der Waals surface area (Å²) in [4.78, 5) is 21.8. The minimum Gasteiger partial charge on any atom is -0.484 e. The molecule has 0 radical (unpaired) electrons. The Morgan fingerprint density at radius 3 is 2.38 bits per heavy atom. The molecule has 0 bridgehead atoms. The van der Waals surface area contributed by atoms with E-state index in [9.17, 15) is 9.59 Å². The van der Waals surface area contributed by atoms with Crippen LogP contribution >= 0.6 is 0 Å². The van der Waals surface area contributed by atoms with Crippen LogP contribution in [-0.4, -0.2) is 30.1 Å². The fraction of sp³-hybridized carbons (Fsp3) is 0.500. The molecule has 0 unspecified atom stereocenters. The molecule has 0 fully saturated rings. The Morgan fingerprint density at radius 1 is 1.24 bits per heavy atom. The number of carboxylic acid groups (broad SMARTS) is 1. The van der Waals surface area contributed by atoms with Crippen LogP contribution in [0.1, 0.15) is 39.2 Å². The summed E-state index contributed by atoms with van der Waals surface area (Å²) in [6, 6.07) is 7.69. The van der Waals surface area contributed by atoms with E-state index in [1.165, 1.54) is 5.56 Å². The van der Waals surface area contributed by atoms with E-state index < -0.39 is 5.97 Å². The van der Waals surface area contributed by atoms with Crippen LogP contribution in [0.5, 0.6) is 5.75 Å². The highest BCUT2D eigenvalue weighted by atomic mass is 16.5. The van der Waals surface area contributed by atoms with E-state index >= 15 is 0 Å². The molecule has 2 N–H and O–H groups in total. The summed E-state index contributed by atoms with van der Waals surface area (Å²) in [6.07, 6.45) is 0.950. The monoisotopic (exact) mass is 293 g/mol. The van der Waals surface area contributed by atoms with Crippen molar-refractivity contribution in [3.63, 3.8) is 0 Å². The Bertz CT molecular complexity index is 480. The van der Waals surface area contributed by atoms with Crippen LogP contribution in [0.25, 0.3) is 0 Å². The van der Waals surface area contributed by atoms with Gasteiger partial charge >= 0.3 is 5.97 Å². The van der Waals surface area contributed by atoms with Gasteiger partial charge in [-0.3, -0.25) is 9.59 Å². The molecule has 1 amide bonds. The molecule has 1 aromatic rings. The molecule has 1 rings (SSSR count). The molecule has 21 heavy (non-hydrogen) atoms. The molecule has 0 saturated heterocycles. The van der Waals surface area contributed by atoms with E-state index in [-0.39, 0.29) is 30.9 Å². The molecule has 1 aromatic carbocycles. The smallest absolute Gasteiger partial charge is 0.305 e. The fourth-order valence-electron chi connectivity index (χ4n) is 1.72. The van der Waals surface area contributed by atoms with Crippen LogP contribution < -0.4 is 10.1 Å². The summed E-state index contributed by atoms with van der Waals surface area (Å²) >= 11 is 0. The second-order valence-electron chi connectivity index (χ2n) is 5.54. The Labute approximate surface area is 125 Å². The minimum atomic E-state index is -0.939. The van der Waals surface area contributed by atoms with E-state index in [0.29, 0.717) is 5.75 Å². The zero-order valence-electron chi connectivity index (χ0n) is 12.8. The molecule has 0 heterocycles. The first-order valence-electron chi connectivity index (χ1n) is 7.07. The number of carbonyl (C=O) groups excluding carboxylic acids is 1. The zero-order chi connectivity index (χ0) is 15.9. The summed E-state index contributed by atoms with van der Waals surface area (Å²) < 4.78 is 5.37. The minimum absolute atomic E-state index is 0.0907. The maximum absolute atomic E-state index is 11.4. The Balaban J connectivity index is 2.42. The largest absolute Gasteiger partial charge is 0.484 e. The third kappa shape index (κ3) is 5.85. The predicted octanol–water partition coefficient (Wildman–Crippen LogP) is 2.34. The van der Waals surface area contributed by atoms with Gasteiger partial charge in [0.15, 0.2) is 6.61 Å². The maximum Gasteiger partial charge on any atom is 0.305 e. The van der Waals surface area contributed by atoms with E-state index in [2.05, 4.69) is 26.1 Å².